The van der Waals surface area contributed by atoms with Crippen LogP contribution in [0.4, 0.5) is 0 Å². The van der Waals surface area contributed by atoms with Gasteiger partial charge in [-0.15, -0.1) is 0 Å². The first kappa shape index (κ1) is 21.9. The van der Waals surface area contributed by atoms with Gasteiger partial charge in [-0.05, 0) is 47.2 Å². The Bertz CT molecular complexity index is 649. The van der Waals surface area contributed by atoms with Crippen LogP contribution in [0.5, 0.6) is 0 Å². The Morgan fingerprint density at radius 3 is 2.46 bits per heavy atom. The van der Waals surface area contributed by atoms with E-state index in [0.29, 0.717) is 24.9 Å². The number of hydrogen-bond acceptors (Lipinski definition) is 5. The molecule has 1 N–H and O–H groups in total. The van der Waals surface area contributed by atoms with E-state index < -0.39 is 0 Å². The first-order chi connectivity index (χ1) is 12.1. The summed E-state index contributed by atoms with van der Waals surface area (Å²) >= 11 is 0. The zero-order valence-corrected chi connectivity index (χ0v) is 16.7. The molecule has 1 heterocycles. The van der Waals surface area contributed by atoms with Crippen LogP contribution in [0.15, 0.2) is 6.07 Å². The topological polar surface area (TPSA) is 80.6 Å². The second-order valence-corrected chi connectivity index (χ2v) is 6.93. The van der Waals surface area contributed by atoms with Crippen molar-refractivity contribution in [1.82, 2.24) is 14.8 Å². The van der Waals surface area contributed by atoms with E-state index in [-0.39, 0.29) is 36.8 Å². The molecule has 0 saturated heterocycles. The molecule has 146 valence electrons. The van der Waals surface area contributed by atoms with Crippen LogP contribution in [-0.4, -0.2) is 60.4 Å². The zero-order valence-electron chi connectivity index (χ0n) is 16.7. The Morgan fingerprint density at radius 2 is 1.88 bits per heavy atom. The minimum atomic E-state index is -0.231. The van der Waals surface area contributed by atoms with Crippen molar-refractivity contribution in [2.75, 3.05) is 27.2 Å². The maximum atomic E-state index is 12.6. The number of ether oxygens (including phenoxy) is 1. The van der Waals surface area contributed by atoms with Crippen molar-refractivity contribution < 1.29 is 19.1 Å². The van der Waals surface area contributed by atoms with Crippen LogP contribution in [0.3, 0.4) is 0 Å². The van der Waals surface area contributed by atoms with Crippen molar-refractivity contribution in [1.29, 1.82) is 0 Å². The summed E-state index contributed by atoms with van der Waals surface area (Å²) < 4.78 is 6.69. The lowest BCUT2D eigenvalue weighted by Gasteiger charge is -2.16. The fraction of sp³-hybridized carbons (Fsp3) is 0.632. The number of esters is 1. The first-order valence-electron chi connectivity index (χ1n) is 8.90. The molecular weight excluding hydrogens is 334 g/mol. The van der Waals surface area contributed by atoms with Crippen LogP contribution in [0.25, 0.3) is 0 Å². The summed E-state index contributed by atoms with van der Waals surface area (Å²) in [4.78, 5) is 37.4. The van der Waals surface area contributed by atoms with Gasteiger partial charge in [0.25, 0.3) is 0 Å². The minimum absolute atomic E-state index is 0.0165. The van der Waals surface area contributed by atoms with Gasteiger partial charge >= 0.3 is 5.97 Å². The summed E-state index contributed by atoms with van der Waals surface area (Å²) in [6.45, 7) is 8.67. The summed E-state index contributed by atoms with van der Waals surface area (Å²) in [6.07, 6.45) is 1.01. The molecule has 0 saturated carbocycles. The molecule has 0 unspecified atom stereocenters. The quantitative estimate of drug-likeness (QED) is 0.504. The molecule has 0 radical (unpaired) electrons. The van der Waals surface area contributed by atoms with Gasteiger partial charge in [0.05, 0.1) is 20.2 Å². The second kappa shape index (κ2) is 10.1. The van der Waals surface area contributed by atoms with Gasteiger partial charge in [0.1, 0.15) is 0 Å². The van der Waals surface area contributed by atoms with Crippen molar-refractivity contribution in [3.8, 4) is 0 Å². The van der Waals surface area contributed by atoms with E-state index in [1.54, 1.807) is 11.9 Å². The van der Waals surface area contributed by atoms with E-state index in [4.69, 9.17) is 0 Å². The number of amides is 1. The van der Waals surface area contributed by atoms with E-state index in [1.165, 1.54) is 7.11 Å². The number of aryl methyl sites for hydroxylation is 1. The van der Waals surface area contributed by atoms with Gasteiger partial charge in [0, 0.05) is 36.0 Å². The lowest BCUT2D eigenvalue weighted by atomic mass is 10.1. The van der Waals surface area contributed by atoms with Crippen molar-refractivity contribution in [3.05, 3.63) is 23.0 Å². The Hall–Kier alpha value is -2.15. The van der Waals surface area contributed by atoms with Gasteiger partial charge in [0.2, 0.25) is 5.91 Å². The van der Waals surface area contributed by atoms with Gasteiger partial charge in [-0.1, -0.05) is 0 Å². The Balaban J connectivity index is 2.68. The van der Waals surface area contributed by atoms with E-state index in [2.05, 4.69) is 10.1 Å². The largest absolute Gasteiger partial charge is 0.469 e. The molecule has 7 nitrogen and oxygen atoms in total. The number of methoxy groups -OCH3 is 1. The highest BCUT2D eigenvalue weighted by atomic mass is 16.5. The highest BCUT2D eigenvalue weighted by Gasteiger charge is 2.18. The highest BCUT2D eigenvalue weighted by molar-refractivity contribution is 5.99. The van der Waals surface area contributed by atoms with Crippen molar-refractivity contribution in [3.63, 3.8) is 0 Å². The second-order valence-electron chi connectivity index (χ2n) is 6.93. The molecule has 0 aliphatic heterocycles. The average molecular weight is 365 g/mol. The number of likely N-dealkylation sites (N-methyl/N-ethyl adjacent to an activating group) is 1. The third-order valence-electron chi connectivity index (χ3n) is 4.14. The van der Waals surface area contributed by atoms with Gasteiger partial charge < -0.3 is 14.6 Å². The van der Waals surface area contributed by atoms with E-state index >= 15 is 0 Å². The first-order valence-corrected chi connectivity index (χ1v) is 8.90. The highest BCUT2D eigenvalue weighted by Crippen LogP contribution is 2.17. The van der Waals surface area contributed by atoms with Crippen molar-refractivity contribution >= 4 is 17.7 Å². The molecule has 0 bridgehead atoms. The van der Waals surface area contributed by atoms with Gasteiger partial charge in [-0.25, -0.2) is 0 Å². The molecule has 1 aromatic rings. The maximum absolute atomic E-state index is 12.6. The molecule has 0 aromatic carbocycles. The number of nitrogens with one attached hydrogen (secondary N) is 1. The number of carbonyl (C=O) groups is 3. The number of aromatic nitrogens is 1. The standard InChI is InChI=1S/C19H31N3O4/c1-13(2)20-18(24)12-21(5)11-17(23)16-10-14(3)22(15(16)4)9-7-8-19(25)26-6/h10,13H,7-9,11-12H2,1-6H3,(H,20,24). The average Bonchev–Trinajstić information content (AvgIpc) is 2.81. The Morgan fingerprint density at radius 1 is 1.23 bits per heavy atom. The SMILES string of the molecule is COC(=O)CCCn1c(C)cc(C(=O)CN(C)CC(=O)NC(C)C)c1C. The third-order valence-corrected chi connectivity index (χ3v) is 4.14. The summed E-state index contributed by atoms with van der Waals surface area (Å²) in [6, 6.07) is 1.95. The van der Waals surface area contributed by atoms with E-state index in [9.17, 15) is 14.4 Å². The van der Waals surface area contributed by atoms with Gasteiger partial charge in [0.15, 0.2) is 5.78 Å². The molecule has 0 aliphatic carbocycles. The predicted octanol–water partition coefficient (Wildman–Crippen LogP) is 1.70. The molecule has 7 heteroatoms. The third kappa shape index (κ3) is 6.63. The molecule has 1 rings (SSSR count). The number of hydrogen-bond donors (Lipinski definition) is 1. The maximum Gasteiger partial charge on any atom is 0.305 e. The monoisotopic (exact) mass is 365 g/mol. The summed E-state index contributed by atoms with van der Waals surface area (Å²) in [5, 5.41) is 2.81. The lowest BCUT2D eigenvalue weighted by Crippen LogP contribution is -2.40. The molecule has 0 aliphatic rings. The number of rotatable bonds is 10. The summed E-state index contributed by atoms with van der Waals surface area (Å²) in [7, 11) is 3.14. The number of Topliss-reactive ketones (excluding diaryl/α,β-unsaturated/α-hetero) is 1. The molecule has 0 spiro atoms. The lowest BCUT2D eigenvalue weighted by molar-refractivity contribution is -0.140. The number of ketones is 1. The van der Waals surface area contributed by atoms with Crippen LogP contribution >= 0.6 is 0 Å². The fourth-order valence-electron chi connectivity index (χ4n) is 2.91. The number of carbonyl (C=O) groups excluding carboxylic acids is 3. The van der Waals surface area contributed by atoms with Gasteiger partial charge in [-0.3, -0.25) is 19.3 Å². The molecule has 26 heavy (non-hydrogen) atoms. The van der Waals surface area contributed by atoms with Crippen LogP contribution in [-0.2, 0) is 20.9 Å². The van der Waals surface area contributed by atoms with Gasteiger partial charge in [-0.2, -0.15) is 0 Å². The van der Waals surface area contributed by atoms with E-state index in [1.807, 2.05) is 38.3 Å². The van der Waals surface area contributed by atoms with Crippen molar-refractivity contribution in [2.24, 2.45) is 0 Å². The predicted molar refractivity (Wildman–Crippen MR) is 100 cm³/mol. The van der Waals surface area contributed by atoms with Crippen LogP contribution in [0.1, 0.15) is 48.4 Å². The number of nitrogens with zero attached hydrogens (tertiary/aromatic N) is 2. The fourth-order valence-corrected chi connectivity index (χ4v) is 2.91. The normalized spacial score (nSPS) is 11.1. The zero-order chi connectivity index (χ0) is 19.9. The Labute approximate surface area is 155 Å². The molecular formula is C19H31N3O4. The van der Waals surface area contributed by atoms with Crippen LogP contribution in [0.2, 0.25) is 0 Å². The van der Waals surface area contributed by atoms with Crippen LogP contribution in [0, 0.1) is 13.8 Å². The van der Waals surface area contributed by atoms with Crippen molar-refractivity contribution in [2.45, 2.75) is 53.1 Å². The molecule has 1 aromatic heterocycles. The molecule has 0 fully saturated rings. The molecule has 0 atom stereocenters. The summed E-state index contributed by atoms with van der Waals surface area (Å²) in [5.41, 5.74) is 2.53. The van der Waals surface area contributed by atoms with E-state index in [0.717, 1.165) is 11.4 Å². The van der Waals surface area contributed by atoms with Crippen LogP contribution < -0.4 is 5.32 Å². The summed E-state index contributed by atoms with van der Waals surface area (Å²) in [5.74, 6) is -0.342. The Kier molecular flexibility index (Phi) is 8.51. The molecule has 1 amide bonds. The smallest absolute Gasteiger partial charge is 0.305 e. The minimum Gasteiger partial charge on any atom is -0.469 e.